The average molecular weight is 480 g/mol. The van der Waals surface area contributed by atoms with Gasteiger partial charge in [0.25, 0.3) is 0 Å². The van der Waals surface area contributed by atoms with Crippen LogP contribution in [0.15, 0.2) is 58.0 Å². The lowest BCUT2D eigenvalue weighted by Gasteiger charge is -2.32. The largest absolute Gasteiger partial charge is 0.467 e. The molecule has 174 valence electrons. The fourth-order valence-corrected chi connectivity index (χ4v) is 5.64. The summed E-state index contributed by atoms with van der Waals surface area (Å²) in [5.41, 5.74) is 0. The monoisotopic (exact) mass is 479 g/mol. The number of hydrogen-bond acceptors (Lipinski definition) is 6. The summed E-state index contributed by atoms with van der Waals surface area (Å²) in [5, 5.41) is 5.64. The van der Waals surface area contributed by atoms with Crippen LogP contribution in [0.1, 0.15) is 25.0 Å². The van der Waals surface area contributed by atoms with Crippen molar-refractivity contribution < 1.29 is 22.4 Å². The van der Waals surface area contributed by atoms with Crippen LogP contribution in [0.5, 0.6) is 0 Å². The molecule has 1 aromatic heterocycles. The number of nitrogens with one attached hydrogen (secondary N) is 2. The predicted molar refractivity (Wildman–Crippen MR) is 123 cm³/mol. The molecule has 1 fully saturated rings. The lowest BCUT2D eigenvalue weighted by Crippen LogP contribution is -2.51. The van der Waals surface area contributed by atoms with Gasteiger partial charge in [0.1, 0.15) is 11.8 Å². The number of thioether (sulfide) groups is 1. The van der Waals surface area contributed by atoms with E-state index in [2.05, 4.69) is 10.6 Å². The molecule has 32 heavy (non-hydrogen) atoms. The first kappa shape index (κ1) is 24.3. The summed E-state index contributed by atoms with van der Waals surface area (Å²) in [6, 6.07) is 11.0. The summed E-state index contributed by atoms with van der Waals surface area (Å²) in [6.07, 6.45) is 5.12. The third-order valence-electron chi connectivity index (χ3n) is 5.40. The van der Waals surface area contributed by atoms with Crippen molar-refractivity contribution in [1.82, 2.24) is 14.9 Å². The molecule has 1 unspecified atom stereocenters. The van der Waals surface area contributed by atoms with Crippen molar-refractivity contribution in [1.29, 1.82) is 0 Å². The molecule has 2 N–H and O–H groups in total. The van der Waals surface area contributed by atoms with Gasteiger partial charge in [0.15, 0.2) is 0 Å². The van der Waals surface area contributed by atoms with Crippen LogP contribution in [-0.4, -0.2) is 55.7 Å². The van der Waals surface area contributed by atoms with Crippen LogP contribution < -0.4 is 10.6 Å². The van der Waals surface area contributed by atoms with Crippen molar-refractivity contribution in [3.63, 3.8) is 0 Å². The first-order chi connectivity index (χ1) is 15.4. The Kier molecular flexibility index (Phi) is 8.77. The third-order valence-corrected chi connectivity index (χ3v) is 7.92. The first-order valence-electron chi connectivity index (χ1n) is 10.6. The Balaban J connectivity index is 1.62. The van der Waals surface area contributed by atoms with Crippen LogP contribution in [-0.2, 0) is 26.2 Å². The van der Waals surface area contributed by atoms with Gasteiger partial charge < -0.3 is 15.1 Å². The number of benzene rings is 1. The Bertz CT molecular complexity index is 980. The van der Waals surface area contributed by atoms with Gasteiger partial charge in [-0.05, 0) is 55.5 Å². The number of rotatable bonds is 10. The molecule has 2 heterocycles. The second kappa shape index (κ2) is 11.5. The lowest BCUT2D eigenvalue weighted by atomic mass is 9.98. The van der Waals surface area contributed by atoms with E-state index in [1.54, 1.807) is 54.2 Å². The van der Waals surface area contributed by atoms with Crippen molar-refractivity contribution in [2.45, 2.75) is 36.7 Å². The summed E-state index contributed by atoms with van der Waals surface area (Å²) in [4.78, 5) is 25.9. The van der Waals surface area contributed by atoms with Crippen LogP contribution in [0.4, 0.5) is 0 Å². The number of carbonyl (C=O) groups excluding carboxylic acids is 2. The fraction of sp³-hybridized carbons (Fsp3) is 0.455. The maximum Gasteiger partial charge on any atom is 0.243 e. The first-order valence-corrected chi connectivity index (χ1v) is 13.4. The Labute approximate surface area is 193 Å². The number of sulfonamides is 1. The molecule has 0 aliphatic carbocycles. The van der Waals surface area contributed by atoms with E-state index in [1.165, 1.54) is 10.6 Å². The smallest absolute Gasteiger partial charge is 0.243 e. The standard InChI is InChI=1S/C22H29N3O5S2/c1-31-14-11-20(22(27)23-15-18-8-6-13-30-18)24-21(26)17-7-5-12-25(16-17)32(28,29)19-9-3-2-4-10-19/h2-4,6,8-10,13,17,20H,5,7,11-12,14-16H2,1H3,(H,23,27)(H,24,26)/t17?,20-/m0/s1. The fourth-order valence-electron chi connectivity index (χ4n) is 3.62. The Hall–Kier alpha value is -2.30. The average Bonchev–Trinajstić information content (AvgIpc) is 3.34. The van der Waals surface area contributed by atoms with Crippen molar-refractivity contribution in [3.05, 3.63) is 54.5 Å². The summed E-state index contributed by atoms with van der Waals surface area (Å²) < 4.78 is 32.5. The van der Waals surface area contributed by atoms with Crippen molar-refractivity contribution in [3.8, 4) is 0 Å². The number of nitrogens with zero attached hydrogens (tertiary/aromatic N) is 1. The quantitative estimate of drug-likeness (QED) is 0.541. The second-order valence-corrected chi connectivity index (χ2v) is 10.6. The predicted octanol–water partition coefficient (Wildman–Crippen LogP) is 2.23. The molecule has 0 saturated carbocycles. The highest BCUT2D eigenvalue weighted by atomic mass is 32.2. The van der Waals surface area contributed by atoms with E-state index in [1.807, 2.05) is 6.26 Å². The van der Waals surface area contributed by atoms with Gasteiger partial charge in [-0.15, -0.1) is 0 Å². The Morgan fingerprint density at radius 1 is 1.22 bits per heavy atom. The second-order valence-electron chi connectivity index (χ2n) is 7.66. The number of furan rings is 1. The number of carbonyl (C=O) groups is 2. The highest BCUT2D eigenvalue weighted by Gasteiger charge is 2.34. The normalized spacial score (nSPS) is 18.1. The van der Waals surface area contributed by atoms with Crippen molar-refractivity contribution in [2.75, 3.05) is 25.1 Å². The van der Waals surface area contributed by atoms with Gasteiger partial charge in [-0.2, -0.15) is 16.1 Å². The van der Waals surface area contributed by atoms with Gasteiger partial charge in [0, 0.05) is 13.1 Å². The number of piperidine rings is 1. The van der Waals surface area contributed by atoms with E-state index in [4.69, 9.17) is 4.42 Å². The molecule has 1 saturated heterocycles. The van der Waals surface area contributed by atoms with E-state index >= 15 is 0 Å². The number of amides is 2. The van der Waals surface area contributed by atoms with E-state index in [9.17, 15) is 18.0 Å². The zero-order valence-corrected chi connectivity index (χ0v) is 19.7. The molecule has 2 atom stereocenters. The van der Waals surface area contributed by atoms with Crippen LogP contribution in [0, 0.1) is 5.92 Å². The summed E-state index contributed by atoms with van der Waals surface area (Å²) in [6.45, 7) is 0.719. The van der Waals surface area contributed by atoms with Crippen molar-refractivity contribution in [2.24, 2.45) is 5.92 Å². The molecule has 0 spiro atoms. The summed E-state index contributed by atoms with van der Waals surface area (Å²) in [7, 11) is -3.66. The minimum absolute atomic E-state index is 0.103. The maximum absolute atomic E-state index is 13.0. The van der Waals surface area contributed by atoms with E-state index in [0.717, 1.165) is 0 Å². The number of hydrogen-bond donors (Lipinski definition) is 2. The molecule has 2 aromatic rings. The summed E-state index contributed by atoms with van der Waals surface area (Å²) >= 11 is 1.59. The highest BCUT2D eigenvalue weighted by molar-refractivity contribution is 7.98. The van der Waals surface area contributed by atoms with Gasteiger partial charge in [-0.1, -0.05) is 18.2 Å². The van der Waals surface area contributed by atoms with Gasteiger partial charge in [0.05, 0.1) is 23.6 Å². The zero-order valence-electron chi connectivity index (χ0n) is 18.0. The molecular weight excluding hydrogens is 450 g/mol. The zero-order chi connectivity index (χ0) is 23.0. The van der Waals surface area contributed by atoms with Gasteiger partial charge >= 0.3 is 0 Å². The molecule has 1 aromatic carbocycles. The topological polar surface area (TPSA) is 109 Å². The van der Waals surface area contributed by atoms with Crippen molar-refractivity contribution >= 4 is 33.6 Å². The molecule has 1 aliphatic heterocycles. The molecule has 1 aliphatic rings. The molecule has 0 radical (unpaired) electrons. The van der Waals surface area contributed by atoms with Crippen LogP contribution in [0.2, 0.25) is 0 Å². The van der Waals surface area contributed by atoms with Crippen LogP contribution in [0.3, 0.4) is 0 Å². The van der Waals surface area contributed by atoms with E-state index in [-0.39, 0.29) is 29.8 Å². The van der Waals surface area contributed by atoms with Crippen LogP contribution >= 0.6 is 11.8 Å². The van der Waals surface area contributed by atoms with Gasteiger partial charge in [0.2, 0.25) is 21.8 Å². The maximum atomic E-state index is 13.0. The lowest BCUT2D eigenvalue weighted by molar-refractivity contribution is -0.132. The third kappa shape index (κ3) is 6.36. The highest BCUT2D eigenvalue weighted by Crippen LogP contribution is 2.24. The molecule has 0 bridgehead atoms. The van der Waals surface area contributed by atoms with E-state index in [0.29, 0.717) is 37.3 Å². The summed E-state index contributed by atoms with van der Waals surface area (Å²) in [5.74, 6) is 0.253. The Morgan fingerprint density at radius 2 is 2.00 bits per heavy atom. The molecule has 8 nitrogen and oxygen atoms in total. The van der Waals surface area contributed by atoms with Gasteiger partial charge in [-0.25, -0.2) is 8.42 Å². The molecule has 3 rings (SSSR count). The SMILES string of the molecule is CSCC[C@H](NC(=O)C1CCCN(S(=O)(=O)c2ccccc2)C1)C(=O)NCc1ccco1. The Morgan fingerprint density at radius 3 is 2.69 bits per heavy atom. The van der Waals surface area contributed by atoms with Crippen LogP contribution in [0.25, 0.3) is 0 Å². The molecular formula is C22H29N3O5S2. The molecule has 10 heteroatoms. The minimum atomic E-state index is -3.66. The molecule has 2 amide bonds. The minimum Gasteiger partial charge on any atom is -0.467 e. The van der Waals surface area contributed by atoms with E-state index < -0.39 is 22.0 Å². The van der Waals surface area contributed by atoms with Gasteiger partial charge in [-0.3, -0.25) is 9.59 Å².